The van der Waals surface area contributed by atoms with Gasteiger partial charge in [0.1, 0.15) is 12.3 Å². The van der Waals surface area contributed by atoms with Crippen molar-refractivity contribution in [3.63, 3.8) is 0 Å². The van der Waals surface area contributed by atoms with Crippen LogP contribution in [0.2, 0.25) is 0 Å². The number of alkyl halides is 1. The van der Waals surface area contributed by atoms with E-state index in [0.717, 1.165) is 0 Å². The Balaban J connectivity index is 2.68. The molecular weight excluding hydrogens is 182 g/mol. The van der Waals surface area contributed by atoms with Crippen molar-refractivity contribution in [1.29, 1.82) is 0 Å². The molecule has 66 valence electrons. The summed E-state index contributed by atoms with van der Waals surface area (Å²) in [5.41, 5.74) is 0. The summed E-state index contributed by atoms with van der Waals surface area (Å²) in [6.45, 7) is 2.03. The maximum atomic E-state index is 11.0. The fourth-order valence-corrected chi connectivity index (χ4v) is 0.757. The van der Waals surface area contributed by atoms with Crippen molar-refractivity contribution in [3.8, 4) is 0 Å². The number of carbonyl (C=O) groups is 1. The third-order valence-corrected chi connectivity index (χ3v) is 1.36. The Morgan fingerprint density at radius 1 is 1.83 bits per heavy atom. The molecule has 0 radical (unpaired) electrons. The van der Waals surface area contributed by atoms with E-state index in [4.69, 9.17) is 11.6 Å². The highest BCUT2D eigenvalue weighted by Gasteiger charge is 2.11. The lowest BCUT2D eigenvalue weighted by Crippen LogP contribution is -2.07. The minimum atomic E-state index is -0.527. The molecular formula is C6H8ClN3O2. The molecule has 1 heterocycles. The summed E-state index contributed by atoms with van der Waals surface area (Å²) in [6, 6.07) is 0.173. The van der Waals surface area contributed by atoms with Crippen LogP contribution >= 0.6 is 11.6 Å². The number of carbonyl (C=O) groups excluding carboxylic acids is 1. The number of aromatic nitrogens is 3. The molecule has 0 amide bonds. The average Bonchev–Trinajstić information content (AvgIpc) is 2.52. The van der Waals surface area contributed by atoms with Gasteiger partial charge in [-0.15, -0.1) is 16.7 Å². The van der Waals surface area contributed by atoms with Gasteiger partial charge in [0.15, 0.2) is 0 Å². The number of nitrogens with zero attached hydrogens (tertiary/aromatic N) is 3. The van der Waals surface area contributed by atoms with E-state index >= 15 is 0 Å². The van der Waals surface area contributed by atoms with Crippen molar-refractivity contribution in [1.82, 2.24) is 14.8 Å². The summed E-state index contributed by atoms with van der Waals surface area (Å²) in [5, 5.41) is 3.75. The van der Waals surface area contributed by atoms with E-state index in [1.54, 1.807) is 6.92 Å². The number of rotatable bonds is 3. The van der Waals surface area contributed by atoms with Crippen molar-refractivity contribution >= 4 is 17.6 Å². The highest BCUT2D eigenvalue weighted by atomic mass is 35.5. The largest absolute Gasteiger partial charge is 0.460 e. The second kappa shape index (κ2) is 4.06. The van der Waals surface area contributed by atoms with Crippen LogP contribution in [-0.4, -0.2) is 27.3 Å². The summed E-state index contributed by atoms with van der Waals surface area (Å²) >= 11 is 5.43. The molecule has 1 rings (SSSR count). The van der Waals surface area contributed by atoms with Crippen LogP contribution in [0.5, 0.6) is 0 Å². The van der Waals surface area contributed by atoms with E-state index in [9.17, 15) is 4.79 Å². The molecule has 12 heavy (non-hydrogen) atoms. The van der Waals surface area contributed by atoms with Crippen LogP contribution in [0.15, 0.2) is 6.33 Å². The Hall–Kier alpha value is -1.10. The van der Waals surface area contributed by atoms with Crippen molar-refractivity contribution in [2.75, 3.05) is 6.61 Å². The van der Waals surface area contributed by atoms with Gasteiger partial charge >= 0.3 is 5.97 Å². The number of hydrogen-bond acceptors (Lipinski definition) is 4. The van der Waals surface area contributed by atoms with Crippen LogP contribution < -0.4 is 0 Å². The second-order valence-corrected chi connectivity index (χ2v) is 2.19. The van der Waals surface area contributed by atoms with E-state index in [2.05, 4.69) is 14.8 Å². The summed E-state index contributed by atoms with van der Waals surface area (Å²) in [4.78, 5) is 14.7. The molecule has 0 bridgehead atoms. The Morgan fingerprint density at radius 3 is 3.08 bits per heavy atom. The summed E-state index contributed by atoms with van der Waals surface area (Å²) in [7, 11) is 0. The predicted octanol–water partition coefficient (Wildman–Crippen LogP) is 0.651. The quantitative estimate of drug-likeness (QED) is 0.518. The lowest BCUT2D eigenvalue weighted by molar-refractivity contribution is 0.0512. The molecule has 6 heteroatoms. The maximum Gasteiger partial charge on any atom is 0.378 e. The molecule has 0 unspecified atom stereocenters. The van der Waals surface area contributed by atoms with E-state index < -0.39 is 5.97 Å². The highest BCUT2D eigenvalue weighted by Crippen LogP contribution is 1.94. The van der Waals surface area contributed by atoms with Crippen molar-refractivity contribution in [3.05, 3.63) is 12.2 Å². The van der Waals surface area contributed by atoms with Gasteiger partial charge in [-0.05, 0) is 6.92 Å². The van der Waals surface area contributed by atoms with Crippen LogP contribution in [0, 0.1) is 0 Å². The normalized spacial score (nSPS) is 9.83. The molecule has 0 N–H and O–H groups in total. The van der Waals surface area contributed by atoms with E-state index in [-0.39, 0.29) is 11.8 Å². The summed E-state index contributed by atoms with van der Waals surface area (Å²) in [6.07, 6.45) is 1.37. The minimum absolute atomic E-state index is 0.0394. The van der Waals surface area contributed by atoms with Gasteiger partial charge in [-0.1, -0.05) is 0 Å². The molecule has 0 atom stereocenters. The monoisotopic (exact) mass is 189 g/mol. The van der Waals surface area contributed by atoms with Crippen LogP contribution in [-0.2, 0) is 10.7 Å². The van der Waals surface area contributed by atoms with Crippen molar-refractivity contribution in [2.24, 2.45) is 0 Å². The first-order chi connectivity index (χ1) is 5.77. The van der Waals surface area contributed by atoms with E-state index in [1.807, 2.05) is 0 Å². The van der Waals surface area contributed by atoms with Gasteiger partial charge < -0.3 is 4.74 Å². The summed E-state index contributed by atoms with van der Waals surface area (Å²) in [5.74, 6) is -0.487. The topological polar surface area (TPSA) is 57.0 Å². The third kappa shape index (κ3) is 1.94. The van der Waals surface area contributed by atoms with Gasteiger partial charge in [-0.2, -0.15) is 0 Å². The van der Waals surface area contributed by atoms with Crippen LogP contribution in [0.1, 0.15) is 17.5 Å². The number of esters is 1. The number of halogens is 1. The zero-order chi connectivity index (χ0) is 8.97. The van der Waals surface area contributed by atoms with Gasteiger partial charge in [0.25, 0.3) is 5.82 Å². The van der Waals surface area contributed by atoms with Gasteiger partial charge in [-0.3, -0.25) is 0 Å². The molecule has 1 aromatic heterocycles. The second-order valence-electron chi connectivity index (χ2n) is 1.95. The smallest absolute Gasteiger partial charge is 0.378 e. The molecule has 0 saturated heterocycles. The molecule has 1 aromatic rings. The molecule has 0 aromatic carbocycles. The Kier molecular flexibility index (Phi) is 3.04. The zero-order valence-electron chi connectivity index (χ0n) is 6.53. The number of ether oxygens (including phenoxy) is 1. The average molecular weight is 190 g/mol. The molecule has 0 aliphatic carbocycles. The van der Waals surface area contributed by atoms with Gasteiger partial charge in [0.2, 0.25) is 0 Å². The molecule has 0 aliphatic heterocycles. The molecule has 0 saturated carbocycles. The zero-order valence-corrected chi connectivity index (χ0v) is 7.28. The first kappa shape index (κ1) is 8.99. The van der Waals surface area contributed by atoms with Gasteiger partial charge in [0.05, 0.1) is 6.61 Å². The van der Waals surface area contributed by atoms with E-state index in [1.165, 1.54) is 11.0 Å². The van der Waals surface area contributed by atoms with Gasteiger partial charge in [0, 0.05) is 0 Å². The molecule has 5 nitrogen and oxygen atoms in total. The Labute approximate surface area is 74.3 Å². The number of hydrogen-bond donors (Lipinski definition) is 0. The first-order valence-corrected chi connectivity index (χ1v) is 3.94. The van der Waals surface area contributed by atoms with Crippen molar-refractivity contribution < 1.29 is 9.53 Å². The Bertz CT molecular complexity index is 274. The van der Waals surface area contributed by atoms with Crippen LogP contribution in [0.25, 0.3) is 0 Å². The lowest BCUT2D eigenvalue weighted by atomic mass is 10.6. The molecule has 0 aliphatic rings. The SMILES string of the molecule is CCOC(=O)c1ncn(CCl)n1. The standard InChI is InChI=1S/C6H8ClN3O2/c1-2-12-6(11)5-8-4-10(3-7)9-5/h4H,2-3H2,1H3. The maximum absolute atomic E-state index is 11.0. The van der Waals surface area contributed by atoms with E-state index in [0.29, 0.717) is 6.61 Å². The van der Waals surface area contributed by atoms with Crippen molar-refractivity contribution in [2.45, 2.75) is 12.9 Å². The summed E-state index contributed by atoms with van der Waals surface area (Å²) < 4.78 is 6.01. The first-order valence-electron chi connectivity index (χ1n) is 3.40. The fraction of sp³-hybridized carbons (Fsp3) is 0.500. The fourth-order valence-electron chi connectivity index (χ4n) is 0.641. The molecule has 0 fully saturated rings. The predicted molar refractivity (Wildman–Crippen MR) is 41.8 cm³/mol. The Morgan fingerprint density at radius 2 is 2.58 bits per heavy atom. The molecule has 0 spiro atoms. The van der Waals surface area contributed by atoms with Crippen LogP contribution in [0.4, 0.5) is 0 Å². The minimum Gasteiger partial charge on any atom is -0.460 e. The third-order valence-electron chi connectivity index (χ3n) is 1.12. The van der Waals surface area contributed by atoms with Crippen LogP contribution in [0.3, 0.4) is 0 Å². The van der Waals surface area contributed by atoms with Gasteiger partial charge in [-0.25, -0.2) is 14.5 Å². The highest BCUT2D eigenvalue weighted by molar-refractivity contribution is 6.15. The lowest BCUT2D eigenvalue weighted by Gasteiger charge is -1.94.